The Bertz CT molecular complexity index is 583. The Morgan fingerprint density at radius 3 is 2.34 bits per heavy atom. The summed E-state index contributed by atoms with van der Waals surface area (Å²) in [7, 11) is 0. The minimum Gasteiger partial charge on any atom is -0.480 e. The number of rotatable bonds is 12. The van der Waals surface area contributed by atoms with E-state index in [1.54, 1.807) is 0 Å². The Kier molecular flexibility index (Phi) is 11.0. The van der Waals surface area contributed by atoms with Crippen LogP contribution >= 0.6 is 11.8 Å². The topological polar surface area (TPSA) is 137 Å². The Balaban J connectivity index is 2.85. The molecule has 1 aliphatic heterocycles. The predicted octanol–water partition coefficient (Wildman–Crippen LogP) is 0.0965. The van der Waals surface area contributed by atoms with Crippen LogP contribution in [-0.2, 0) is 19.2 Å². The smallest absolute Gasteiger partial charge is 0.325 e. The van der Waals surface area contributed by atoms with Crippen LogP contribution in [0.3, 0.4) is 0 Å². The lowest BCUT2D eigenvalue weighted by molar-refractivity contribution is -0.141. The summed E-state index contributed by atoms with van der Waals surface area (Å²) in [5, 5.41) is 20.1. The maximum Gasteiger partial charge on any atom is 0.325 e. The first-order valence-corrected chi connectivity index (χ1v) is 11.5. The van der Waals surface area contributed by atoms with Crippen LogP contribution in [0.1, 0.15) is 46.5 Å². The van der Waals surface area contributed by atoms with Crippen molar-refractivity contribution in [2.75, 3.05) is 18.6 Å². The van der Waals surface area contributed by atoms with E-state index in [4.69, 9.17) is 5.11 Å². The number of thioether (sulfide) groups is 1. The van der Waals surface area contributed by atoms with Gasteiger partial charge in [-0.05, 0) is 50.7 Å². The Morgan fingerprint density at radius 2 is 1.83 bits per heavy atom. The van der Waals surface area contributed by atoms with Crippen molar-refractivity contribution in [2.45, 2.75) is 70.6 Å². The lowest BCUT2D eigenvalue weighted by Gasteiger charge is -2.27. The minimum absolute atomic E-state index is 0.123. The van der Waals surface area contributed by atoms with E-state index in [-0.39, 0.29) is 17.9 Å². The number of hydrogen-bond donors (Lipinski definition) is 5. The van der Waals surface area contributed by atoms with Gasteiger partial charge in [0.05, 0.1) is 6.04 Å². The number of nitrogens with one attached hydrogen (secondary N) is 4. The molecule has 1 aliphatic rings. The number of carboxylic acids is 1. The first kappa shape index (κ1) is 25.2. The number of carbonyl (C=O) groups excluding carboxylic acids is 3. The van der Waals surface area contributed by atoms with Crippen LogP contribution in [0.5, 0.6) is 0 Å². The van der Waals surface area contributed by atoms with Crippen molar-refractivity contribution in [1.82, 2.24) is 21.3 Å². The second-order valence-corrected chi connectivity index (χ2v) is 8.42. The summed E-state index contributed by atoms with van der Waals surface area (Å²) in [5.41, 5.74) is 0. The zero-order chi connectivity index (χ0) is 22.0. The molecule has 0 radical (unpaired) electrons. The van der Waals surface area contributed by atoms with E-state index >= 15 is 0 Å². The normalized spacial score (nSPS) is 20.2. The van der Waals surface area contributed by atoms with E-state index in [1.807, 2.05) is 20.1 Å². The fourth-order valence-corrected chi connectivity index (χ4v) is 3.48. The van der Waals surface area contributed by atoms with Crippen LogP contribution in [-0.4, -0.2) is 71.5 Å². The van der Waals surface area contributed by atoms with Crippen molar-refractivity contribution >= 4 is 35.5 Å². The van der Waals surface area contributed by atoms with Gasteiger partial charge in [-0.3, -0.25) is 19.2 Å². The summed E-state index contributed by atoms with van der Waals surface area (Å²) in [4.78, 5) is 48.9. The quantitative estimate of drug-likeness (QED) is 0.296. The van der Waals surface area contributed by atoms with Crippen molar-refractivity contribution in [1.29, 1.82) is 0 Å². The van der Waals surface area contributed by atoms with Gasteiger partial charge in [-0.2, -0.15) is 11.8 Å². The number of aliphatic carboxylic acids is 1. The third kappa shape index (κ3) is 8.22. The van der Waals surface area contributed by atoms with Crippen molar-refractivity contribution in [3.8, 4) is 0 Å². The molecule has 3 amide bonds. The van der Waals surface area contributed by atoms with Gasteiger partial charge >= 0.3 is 5.97 Å². The summed E-state index contributed by atoms with van der Waals surface area (Å²) >= 11 is 1.52. The molecule has 5 N–H and O–H groups in total. The van der Waals surface area contributed by atoms with Gasteiger partial charge in [0.25, 0.3) is 0 Å². The van der Waals surface area contributed by atoms with Crippen molar-refractivity contribution in [3.63, 3.8) is 0 Å². The van der Waals surface area contributed by atoms with Crippen LogP contribution in [0.25, 0.3) is 0 Å². The molecule has 1 rings (SSSR count). The standard InChI is InChI=1S/C19H34N4O5S/c1-5-11(2)15(23-16(24)13-7-6-9-20-13)18(26)22-14(8-10-29-4)17(25)21-12(3)19(27)28/h11-15,20H,5-10H2,1-4H3,(H,21,25)(H,22,26)(H,23,24)(H,27,28). The van der Waals surface area contributed by atoms with Gasteiger partial charge in [-0.15, -0.1) is 0 Å². The van der Waals surface area contributed by atoms with Crippen LogP contribution in [0, 0.1) is 5.92 Å². The zero-order valence-corrected chi connectivity index (χ0v) is 18.4. The van der Waals surface area contributed by atoms with E-state index < -0.39 is 35.9 Å². The van der Waals surface area contributed by atoms with Gasteiger partial charge in [0.2, 0.25) is 17.7 Å². The van der Waals surface area contributed by atoms with Gasteiger partial charge in [0, 0.05) is 0 Å². The first-order valence-electron chi connectivity index (χ1n) is 10.1. The summed E-state index contributed by atoms with van der Waals surface area (Å²) in [6.45, 7) is 5.94. The predicted molar refractivity (Wildman–Crippen MR) is 113 cm³/mol. The average molecular weight is 431 g/mol. The lowest BCUT2D eigenvalue weighted by atomic mass is 9.97. The van der Waals surface area contributed by atoms with Gasteiger partial charge in [-0.1, -0.05) is 20.3 Å². The maximum atomic E-state index is 12.9. The molecule has 0 aromatic carbocycles. The van der Waals surface area contributed by atoms with E-state index in [2.05, 4.69) is 21.3 Å². The highest BCUT2D eigenvalue weighted by Crippen LogP contribution is 2.12. The fraction of sp³-hybridized carbons (Fsp3) is 0.789. The lowest BCUT2D eigenvalue weighted by Crippen LogP contribution is -2.58. The Hall–Kier alpha value is -1.81. The Morgan fingerprint density at radius 1 is 1.14 bits per heavy atom. The summed E-state index contributed by atoms with van der Waals surface area (Å²) in [6, 6.07) is -3.00. The third-order valence-corrected chi connectivity index (χ3v) is 5.79. The van der Waals surface area contributed by atoms with Crippen molar-refractivity contribution in [3.05, 3.63) is 0 Å². The summed E-state index contributed by atoms with van der Waals surface area (Å²) < 4.78 is 0. The van der Waals surface area contributed by atoms with Crippen LogP contribution in [0.4, 0.5) is 0 Å². The highest BCUT2D eigenvalue weighted by molar-refractivity contribution is 7.98. The molecule has 1 saturated heterocycles. The molecule has 0 bridgehead atoms. The average Bonchev–Trinajstić information content (AvgIpc) is 3.22. The SMILES string of the molecule is CCC(C)C(NC(=O)C1CCCN1)C(=O)NC(CCSC)C(=O)NC(C)C(=O)O. The molecule has 5 unspecified atom stereocenters. The molecule has 0 aromatic rings. The third-order valence-electron chi connectivity index (χ3n) is 5.14. The molecule has 5 atom stereocenters. The van der Waals surface area contributed by atoms with E-state index in [0.29, 0.717) is 18.6 Å². The molecule has 0 aliphatic carbocycles. The molecule has 166 valence electrons. The molecule has 1 heterocycles. The second kappa shape index (κ2) is 12.7. The summed E-state index contributed by atoms with van der Waals surface area (Å²) in [6.07, 6.45) is 4.56. The Labute approximate surface area is 176 Å². The zero-order valence-electron chi connectivity index (χ0n) is 17.6. The second-order valence-electron chi connectivity index (χ2n) is 7.43. The summed E-state index contributed by atoms with van der Waals surface area (Å²) in [5.74, 6) is -1.85. The highest BCUT2D eigenvalue weighted by Gasteiger charge is 2.32. The van der Waals surface area contributed by atoms with E-state index in [1.165, 1.54) is 18.7 Å². The van der Waals surface area contributed by atoms with Crippen LogP contribution in [0.15, 0.2) is 0 Å². The van der Waals surface area contributed by atoms with Crippen molar-refractivity contribution < 1.29 is 24.3 Å². The molecule has 29 heavy (non-hydrogen) atoms. The molecule has 9 nitrogen and oxygen atoms in total. The van der Waals surface area contributed by atoms with Gasteiger partial charge in [0.15, 0.2) is 0 Å². The number of carboxylic acid groups (broad SMARTS) is 1. The number of carbonyl (C=O) groups is 4. The van der Waals surface area contributed by atoms with Gasteiger partial charge in [-0.25, -0.2) is 0 Å². The molecule has 0 aromatic heterocycles. The van der Waals surface area contributed by atoms with Crippen LogP contribution < -0.4 is 21.3 Å². The fourth-order valence-electron chi connectivity index (χ4n) is 3.01. The molecule has 0 spiro atoms. The molecule has 10 heteroatoms. The van der Waals surface area contributed by atoms with E-state index in [0.717, 1.165) is 19.4 Å². The molecule has 0 saturated carbocycles. The minimum atomic E-state index is -1.15. The highest BCUT2D eigenvalue weighted by atomic mass is 32.2. The maximum absolute atomic E-state index is 12.9. The largest absolute Gasteiger partial charge is 0.480 e. The first-order chi connectivity index (χ1) is 13.7. The van der Waals surface area contributed by atoms with E-state index in [9.17, 15) is 19.2 Å². The number of hydrogen-bond acceptors (Lipinski definition) is 6. The van der Waals surface area contributed by atoms with Crippen LogP contribution in [0.2, 0.25) is 0 Å². The van der Waals surface area contributed by atoms with Gasteiger partial charge in [0.1, 0.15) is 18.1 Å². The molecule has 1 fully saturated rings. The molecular formula is C19H34N4O5S. The molecular weight excluding hydrogens is 396 g/mol. The van der Waals surface area contributed by atoms with Gasteiger partial charge < -0.3 is 26.4 Å². The van der Waals surface area contributed by atoms with Crippen molar-refractivity contribution in [2.24, 2.45) is 5.92 Å². The number of amides is 3. The monoisotopic (exact) mass is 430 g/mol.